The van der Waals surface area contributed by atoms with Crippen molar-refractivity contribution in [2.75, 3.05) is 7.05 Å². The van der Waals surface area contributed by atoms with E-state index in [9.17, 15) is 0 Å². The molecule has 0 saturated heterocycles. The molecule has 0 spiro atoms. The van der Waals surface area contributed by atoms with E-state index in [0.29, 0.717) is 0 Å². The van der Waals surface area contributed by atoms with E-state index in [2.05, 4.69) is 17.5 Å². The van der Waals surface area contributed by atoms with Gasteiger partial charge in [0.2, 0.25) is 0 Å². The summed E-state index contributed by atoms with van der Waals surface area (Å²) >= 11 is 0. The fourth-order valence-corrected chi connectivity index (χ4v) is 1.21. The minimum atomic E-state index is 0.172. The molecule has 12 heavy (non-hydrogen) atoms. The smallest absolute Gasteiger partial charge is 0.0607 e. The summed E-state index contributed by atoms with van der Waals surface area (Å²) in [7, 11) is 1.75. The Labute approximate surface area is 73.2 Å². The third-order valence-electron chi connectivity index (χ3n) is 1.82. The van der Waals surface area contributed by atoms with E-state index in [4.69, 9.17) is 6.42 Å². The van der Waals surface area contributed by atoms with Gasteiger partial charge in [0.1, 0.15) is 0 Å². The van der Waals surface area contributed by atoms with Crippen molar-refractivity contribution in [2.45, 2.75) is 0 Å². The summed E-state index contributed by atoms with van der Waals surface area (Å²) in [5.41, 5.74) is 1.78. The fraction of sp³-hybridized carbons (Fsp3) is 0.182. The molecule has 0 heterocycles. The minimum absolute atomic E-state index is 0.172. The maximum absolute atomic E-state index is 5.32. The lowest BCUT2D eigenvalue weighted by atomic mass is 9.92. The number of terminal acetylenes is 1. The highest BCUT2D eigenvalue weighted by Crippen LogP contribution is 2.16. The maximum atomic E-state index is 5.32. The van der Waals surface area contributed by atoms with Crippen LogP contribution >= 0.6 is 0 Å². The zero-order chi connectivity index (χ0) is 8.97. The second kappa shape index (κ2) is 3.73. The van der Waals surface area contributed by atoms with Crippen LogP contribution in [0.1, 0.15) is 0 Å². The van der Waals surface area contributed by atoms with Crippen LogP contribution in [0.15, 0.2) is 41.4 Å². The van der Waals surface area contributed by atoms with Gasteiger partial charge in [-0.15, -0.1) is 13.0 Å². The van der Waals surface area contributed by atoms with Crippen LogP contribution in [0.3, 0.4) is 0 Å². The predicted octanol–water partition coefficient (Wildman–Crippen LogP) is 1.99. The number of aliphatic imine (C=N–C) groups is 1. The Hall–Kier alpha value is -1.55. The van der Waals surface area contributed by atoms with Crippen LogP contribution in [0.2, 0.25) is 0 Å². The molecule has 0 aromatic rings. The molecule has 1 rings (SSSR count). The average Bonchev–Trinajstić information content (AvgIpc) is 2.16. The van der Waals surface area contributed by atoms with Crippen LogP contribution in [0.25, 0.3) is 0 Å². The van der Waals surface area contributed by atoms with Gasteiger partial charge in [-0.05, 0) is 6.08 Å². The van der Waals surface area contributed by atoms with Gasteiger partial charge in [0.25, 0.3) is 0 Å². The Morgan fingerprint density at radius 3 is 3.00 bits per heavy atom. The average molecular weight is 157 g/mol. The van der Waals surface area contributed by atoms with Crippen molar-refractivity contribution in [3.63, 3.8) is 0 Å². The van der Waals surface area contributed by atoms with E-state index in [1.54, 1.807) is 7.05 Å². The molecule has 0 aromatic carbocycles. The van der Waals surface area contributed by atoms with Crippen molar-refractivity contribution in [3.05, 3.63) is 36.5 Å². The van der Waals surface area contributed by atoms with Crippen molar-refractivity contribution in [2.24, 2.45) is 10.9 Å². The summed E-state index contributed by atoms with van der Waals surface area (Å²) in [6.07, 6.45) is 13.0. The molecule has 0 bridgehead atoms. The first-order valence-electron chi connectivity index (χ1n) is 3.78. The molecular formula is C11H11N. The quantitative estimate of drug-likeness (QED) is 0.407. The van der Waals surface area contributed by atoms with Gasteiger partial charge >= 0.3 is 0 Å². The molecule has 0 aromatic heterocycles. The lowest BCUT2D eigenvalue weighted by Gasteiger charge is -2.13. The summed E-state index contributed by atoms with van der Waals surface area (Å²) in [6.45, 7) is 3.72. The van der Waals surface area contributed by atoms with Gasteiger partial charge in [-0.2, -0.15) is 0 Å². The third-order valence-corrected chi connectivity index (χ3v) is 1.82. The molecule has 0 fully saturated rings. The van der Waals surface area contributed by atoms with Crippen molar-refractivity contribution in [1.82, 2.24) is 0 Å². The van der Waals surface area contributed by atoms with E-state index < -0.39 is 0 Å². The lowest BCUT2D eigenvalue weighted by Crippen LogP contribution is -2.14. The molecule has 0 saturated carbocycles. The molecule has 1 nitrogen and oxygen atoms in total. The highest BCUT2D eigenvalue weighted by atomic mass is 14.7. The van der Waals surface area contributed by atoms with E-state index in [-0.39, 0.29) is 5.92 Å². The predicted molar refractivity (Wildman–Crippen MR) is 53.1 cm³/mol. The standard InChI is InChI=1S/C11H11N/c1-4-9-7-6-8-10(5-2)11(9)12-3/h1,5-8,10H,2H2,3H3. The van der Waals surface area contributed by atoms with Gasteiger partial charge in [-0.3, -0.25) is 4.99 Å². The van der Waals surface area contributed by atoms with Gasteiger partial charge < -0.3 is 0 Å². The highest BCUT2D eigenvalue weighted by Gasteiger charge is 2.14. The number of rotatable bonds is 1. The molecular weight excluding hydrogens is 146 g/mol. The SMILES string of the molecule is C#CC1=CC=CC(C=C)C1=NC. The molecule has 60 valence electrons. The topological polar surface area (TPSA) is 12.4 Å². The molecule has 1 atom stereocenters. The molecule has 0 N–H and O–H groups in total. The van der Waals surface area contributed by atoms with Gasteiger partial charge in [-0.1, -0.05) is 24.1 Å². The first kappa shape index (κ1) is 8.55. The summed E-state index contributed by atoms with van der Waals surface area (Å²) < 4.78 is 0. The van der Waals surface area contributed by atoms with Gasteiger partial charge in [0.15, 0.2) is 0 Å². The number of nitrogens with zero attached hydrogens (tertiary/aromatic N) is 1. The second-order valence-electron chi connectivity index (χ2n) is 2.48. The molecule has 1 aliphatic carbocycles. The Balaban J connectivity index is 3.07. The molecule has 1 heteroatoms. The van der Waals surface area contributed by atoms with Crippen LogP contribution in [-0.2, 0) is 0 Å². The maximum Gasteiger partial charge on any atom is 0.0607 e. The molecule has 0 amide bonds. The number of hydrogen-bond acceptors (Lipinski definition) is 1. The largest absolute Gasteiger partial charge is 0.291 e. The van der Waals surface area contributed by atoms with Crippen LogP contribution in [0.5, 0.6) is 0 Å². The van der Waals surface area contributed by atoms with Crippen LogP contribution in [0, 0.1) is 18.3 Å². The Morgan fingerprint density at radius 2 is 2.50 bits per heavy atom. The second-order valence-corrected chi connectivity index (χ2v) is 2.48. The number of hydrogen-bond donors (Lipinski definition) is 0. The van der Waals surface area contributed by atoms with E-state index >= 15 is 0 Å². The van der Waals surface area contributed by atoms with Crippen molar-refractivity contribution >= 4 is 5.71 Å². The Morgan fingerprint density at radius 1 is 1.75 bits per heavy atom. The molecule has 0 radical (unpaired) electrons. The van der Waals surface area contributed by atoms with Crippen LogP contribution in [0.4, 0.5) is 0 Å². The summed E-state index contributed by atoms with van der Waals surface area (Å²) in [5.74, 6) is 2.77. The van der Waals surface area contributed by atoms with Crippen molar-refractivity contribution in [1.29, 1.82) is 0 Å². The van der Waals surface area contributed by atoms with Gasteiger partial charge in [0.05, 0.1) is 5.71 Å². The van der Waals surface area contributed by atoms with Crippen LogP contribution < -0.4 is 0 Å². The zero-order valence-electron chi connectivity index (χ0n) is 7.12. The first-order valence-corrected chi connectivity index (χ1v) is 3.78. The first-order chi connectivity index (χ1) is 5.83. The lowest BCUT2D eigenvalue weighted by molar-refractivity contribution is 1.11. The molecule has 1 aliphatic rings. The monoisotopic (exact) mass is 157 g/mol. The van der Waals surface area contributed by atoms with Gasteiger partial charge in [0, 0.05) is 18.5 Å². The van der Waals surface area contributed by atoms with Crippen LogP contribution in [-0.4, -0.2) is 12.8 Å². The summed E-state index contributed by atoms with van der Waals surface area (Å²) in [6, 6.07) is 0. The van der Waals surface area contributed by atoms with Crippen molar-refractivity contribution in [3.8, 4) is 12.3 Å². The highest BCUT2D eigenvalue weighted by molar-refractivity contribution is 6.08. The normalized spacial score (nSPS) is 24.8. The van der Waals surface area contributed by atoms with Crippen molar-refractivity contribution < 1.29 is 0 Å². The Kier molecular flexibility index (Phi) is 2.66. The van der Waals surface area contributed by atoms with E-state index in [1.165, 1.54) is 0 Å². The Bertz CT molecular complexity index is 310. The summed E-state index contributed by atoms with van der Waals surface area (Å²) in [4.78, 5) is 4.14. The van der Waals surface area contributed by atoms with Gasteiger partial charge in [-0.25, -0.2) is 0 Å². The minimum Gasteiger partial charge on any atom is -0.291 e. The molecule has 0 aliphatic heterocycles. The summed E-state index contributed by atoms with van der Waals surface area (Å²) in [5, 5.41) is 0. The fourth-order valence-electron chi connectivity index (χ4n) is 1.21. The zero-order valence-corrected chi connectivity index (χ0v) is 7.12. The molecule has 1 unspecified atom stereocenters. The number of allylic oxidation sites excluding steroid dienone is 5. The van der Waals surface area contributed by atoms with E-state index in [0.717, 1.165) is 11.3 Å². The van der Waals surface area contributed by atoms with E-state index in [1.807, 2.05) is 24.3 Å². The third kappa shape index (κ3) is 1.38.